The predicted molar refractivity (Wildman–Crippen MR) is 241 cm³/mol. The first kappa shape index (κ1) is 33.2. The van der Waals surface area contributed by atoms with E-state index >= 15 is 0 Å². The maximum Gasteiger partial charge on any atom is 0.0712 e. The second-order valence-electron chi connectivity index (χ2n) is 15.6. The zero-order valence-electron chi connectivity index (χ0n) is 31.8. The van der Waals surface area contributed by atoms with Crippen LogP contribution in [0.5, 0.6) is 0 Å². The molecule has 9 aromatic rings. The van der Waals surface area contributed by atoms with Gasteiger partial charge in [0.15, 0.2) is 0 Å². The van der Waals surface area contributed by atoms with Gasteiger partial charge in [-0.05, 0) is 124 Å². The van der Waals surface area contributed by atoms with Crippen molar-refractivity contribution in [3.63, 3.8) is 0 Å². The lowest BCUT2D eigenvalue weighted by Gasteiger charge is -2.39. The molecule has 0 amide bonds. The molecule has 2 heterocycles. The minimum Gasteiger partial charge on any atom is -0.331 e. The normalized spacial score (nSPS) is 16.9. The molecular weight excluding hydrogens is 689 g/mol. The number of para-hydroxylation sites is 2. The summed E-state index contributed by atoms with van der Waals surface area (Å²) in [5, 5.41) is 2.54. The third-order valence-corrected chi connectivity index (χ3v) is 12.2. The highest BCUT2D eigenvalue weighted by atomic mass is 15.2. The average Bonchev–Trinajstić information content (AvgIpc) is 3.75. The van der Waals surface area contributed by atoms with Crippen molar-refractivity contribution in [2.75, 3.05) is 4.90 Å². The molecule has 270 valence electrons. The van der Waals surface area contributed by atoms with Gasteiger partial charge in [0.05, 0.1) is 16.6 Å². The van der Waals surface area contributed by atoms with Crippen LogP contribution in [0.4, 0.5) is 11.4 Å². The summed E-state index contributed by atoms with van der Waals surface area (Å²) in [5.41, 5.74) is 16.9. The van der Waals surface area contributed by atoms with Gasteiger partial charge in [-0.25, -0.2) is 0 Å². The van der Waals surface area contributed by atoms with Crippen molar-refractivity contribution in [2.45, 2.75) is 18.4 Å². The fourth-order valence-electron chi connectivity index (χ4n) is 9.42. The molecule has 1 aliphatic heterocycles. The van der Waals surface area contributed by atoms with Gasteiger partial charge < -0.3 is 9.47 Å². The van der Waals surface area contributed by atoms with Crippen LogP contribution in [-0.4, -0.2) is 10.1 Å². The van der Waals surface area contributed by atoms with Crippen LogP contribution >= 0.6 is 0 Å². The van der Waals surface area contributed by atoms with Crippen LogP contribution in [0.1, 0.15) is 18.4 Å². The molecule has 1 aliphatic carbocycles. The Morgan fingerprint density at radius 1 is 0.404 bits per heavy atom. The van der Waals surface area contributed by atoms with E-state index in [4.69, 9.17) is 0 Å². The van der Waals surface area contributed by atoms with Crippen molar-refractivity contribution in [2.24, 2.45) is 0 Å². The summed E-state index contributed by atoms with van der Waals surface area (Å²) < 4.78 is 2.40. The molecule has 57 heavy (non-hydrogen) atoms. The molecule has 2 heteroatoms. The van der Waals surface area contributed by atoms with Crippen LogP contribution in [0.15, 0.2) is 218 Å². The summed E-state index contributed by atoms with van der Waals surface area (Å²) in [6.45, 7) is 2.38. The van der Waals surface area contributed by atoms with Crippen LogP contribution in [0.3, 0.4) is 0 Å². The SMILES string of the molecule is CC12C=CC=CC1c1cc(-c3ccc4c5ccccc5n(-c5ccccc5)c4c3)ccc1N2c1ccc(-c2cc(-c3ccccc3)cc(-c3ccccc3)c2)cc1. The van der Waals surface area contributed by atoms with E-state index in [9.17, 15) is 0 Å². The van der Waals surface area contributed by atoms with E-state index < -0.39 is 0 Å². The van der Waals surface area contributed by atoms with Gasteiger partial charge in [-0.3, -0.25) is 0 Å². The van der Waals surface area contributed by atoms with Gasteiger partial charge in [-0.1, -0.05) is 152 Å². The maximum absolute atomic E-state index is 2.55. The Labute approximate surface area is 333 Å². The van der Waals surface area contributed by atoms with Crippen LogP contribution in [0.2, 0.25) is 0 Å². The minimum atomic E-state index is -0.241. The topological polar surface area (TPSA) is 8.17 Å². The fourth-order valence-corrected chi connectivity index (χ4v) is 9.42. The van der Waals surface area contributed by atoms with E-state index in [-0.39, 0.29) is 11.5 Å². The lowest BCUT2D eigenvalue weighted by Crippen LogP contribution is -2.41. The van der Waals surface area contributed by atoms with Gasteiger partial charge in [0.25, 0.3) is 0 Å². The monoisotopic (exact) mass is 728 g/mol. The van der Waals surface area contributed by atoms with Crippen LogP contribution in [-0.2, 0) is 0 Å². The first-order valence-corrected chi connectivity index (χ1v) is 19.9. The molecule has 8 aromatic carbocycles. The zero-order valence-corrected chi connectivity index (χ0v) is 31.8. The molecular formula is C55H40N2. The third kappa shape index (κ3) is 5.48. The number of allylic oxidation sites excluding steroid dienone is 2. The van der Waals surface area contributed by atoms with Gasteiger partial charge in [-0.15, -0.1) is 0 Å². The number of hydrogen-bond acceptors (Lipinski definition) is 1. The lowest BCUT2D eigenvalue weighted by atomic mass is 9.80. The van der Waals surface area contributed by atoms with Crippen LogP contribution in [0, 0.1) is 0 Å². The standard InChI is InChI=1S/C55H40N2/c1-55-32-14-13-22-51(55)50-36-41(42-26-30-49-48-21-11-12-23-52(48)56(54(49)37-42)46-19-9-4-10-20-46)27-31-53(50)57(55)47-28-24-40(25-29-47)45-34-43(38-15-5-2-6-16-38)33-44(35-45)39-17-7-3-8-18-39/h2-37,51H,1H3. The van der Waals surface area contributed by atoms with Crippen molar-refractivity contribution < 1.29 is 0 Å². The predicted octanol–water partition coefficient (Wildman–Crippen LogP) is 14.6. The molecule has 2 atom stereocenters. The van der Waals surface area contributed by atoms with E-state index in [0.717, 1.165) is 0 Å². The highest BCUT2D eigenvalue weighted by molar-refractivity contribution is 6.10. The number of fused-ring (bicyclic) bond motifs is 6. The van der Waals surface area contributed by atoms with Crippen molar-refractivity contribution in [3.8, 4) is 50.2 Å². The maximum atomic E-state index is 2.55. The lowest BCUT2D eigenvalue weighted by molar-refractivity contribution is 0.542. The molecule has 0 fully saturated rings. The number of nitrogens with zero attached hydrogens (tertiary/aromatic N) is 2. The van der Waals surface area contributed by atoms with Crippen molar-refractivity contribution >= 4 is 33.2 Å². The highest BCUT2D eigenvalue weighted by Crippen LogP contribution is 2.55. The van der Waals surface area contributed by atoms with Gasteiger partial charge in [0.1, 0.15) is 0 Å². The molecule has 0 saturated carbocycles. The van der Waals surface area contributed by atoms with E-state index in [1.165, 1.54) is 88.9 Å². The molecule has 2 unspecified atom stereocenters. The molecule has 0 bridgehead atoms. The summed E-state index contributed by atoms with van der Waals surface area (Å²) in [4.78, 5) is 2.55. The summed E-state index contributed by atoms with van der Waals surface area (Å²) in [6.07, 6.45) is 9.18. The summed E-state index contributed by atoms with van der Waals surface area (Å²) in [6, 6.07) is 71.1. The Balaban J connectivity index is 0.991. The summed E-state index contributed by atoms with van der Waals surface area (Å²) in [5.74, 6) is 0.215. The number of benzene rings is 8. The molecule has 0 N–H and O–H groups in total. The number of rotatable bonds is 6. The molecule has 2 nitrogen and oxygen atoms in total. The number of aromatic nitrogens is 1. The second-order valence-corrected chi connectivity index (χ2v) is 15.6. The molecule has 0 radical (unpaired) electrons. The Kier molecular flexibility index (Phi) is 7.72. The van der Waals surface area contributed by atoms with Gasteiger partial charge in [0.2, 0.25) is 0 Å². The quantitative estimate of drug-likeness (QED) is 0.165. The fraction of sp³-hybridized carbons (Fsp3) is 0.0545. The number of hydrogen-bond donors (Lipinski definition) is 0. The molecule has 2 aliphatic rings. The van der Waals surface area contributed by atoms with E-state index in [1.54, 1.807) is 0 Å². The second kappa shape index (κ2) is 13.3. The third-order valence-electron chi connectivity index (χ3n) is 12.2. The Morgan fingerprint density at radius 3 is 1.63 bits per heavy atom. The Hall–Kier alpha value is -7.16. The molecule has 0 saturated heterocycles. The minimum absolute atomic E-state index is 0.215. The first-order valence-electron chi connectivity index (χ1n) is 19.9. The average molecular weight is 729 g/mol. The molecule has 1 aromatic heterocycles. The summed E-state index contributed by atoms with van der Waals surface area (Å²) >= 11 is 0. The van der Waals surface area contributed by atoms with E-state index in [1.807, 2.05) is 0 Å². The van der Waals surface area contributed by atoms with Crippen molar-refractivity contribution in [1.82, 2.24) is 4.57 Å². The smallest absolute Gasteiger partial charge is 0.0712 e. The van der Waals surface area contributed by atoms with E-state index in [0.29, 0.717) is 0 Å². The van der Waals surface area contributed by atoms with Gasteiger partial charge >= 0.3 is 0 Å². The van der Waals surface area contributed by atoms with Gasteiger partial charge in [0, 0.05) is 33.8 Å². The first-order chi connectivity index (χ1) is 28.1. The molecule has 0 spiro atoms. The Bertz CT molecular complexity index is 2950. The van der Waals surface area contributed by atoms with Crippen LogP contribution in [0.25, 0.3) is 72.0 Å². The van der Waals surface area contributed by atoms with Gasteiger partial charge in [-0.2, -0.15) is 0 Å². The van der Waals surface area contributed by atoms with Crippen molar-refractivity contribution in [3.05, 3.63) is 224 Å². The van der Waals surface area contributed by atoms with Crippen LogP contribution < -0.4 is 4.90 Å². The number of anilines is 2. The largest absolute Gasteiger partial charge is 0.331 e. The zero-order chi connectivity index (χ0) is 37.9. The molecule has 11 rings (SSSR count). The highest BCUT2D eigenvalue weighted by Gasteiger charge is 2.47. The van der Waals surface area contributed by atoms with Crippen molar-refractivity contribution in [1.29, 1.82) is 0 Å². The summed E-state index contributed by atoms with van der Waals surface area (Å²) in [7, 11) is 0. The Morgan fingerprint density at radius 2 is 0.947 bits per heavy atom. The van der Waals surface area contributed by atoms with E-state index in [2.05, 4.69) is 235 Å².